The molecule has 0 aromatic heterocycles. The Kier molecular flexibility index (Phi) is 4.30. The Labute approximate surface area is 104 Å². The summed E-state index contributed by atoms with van der Waals surface area (Å²) in [5, 5.41) is 0. The summed E-state index contributed by atoms with van der Waals surface area (Å²) in [4.78, 5) is 10.3. The first-order valence-corrected chi connectivity index (χ1v) is 5.63. The number of carbonyl (C=O) groups is 1. The number of halogens is 5. The Morgan fingerprint density at radius 1 is 1.41 bits per heavy atom. The van der Waals surface area contributed by atoms with E-state index >= 15 is 0 Å². The second kappa shape index (κ2) is 5.16. The predicted molar refractivity (Wildman–Crippen MR) is 58.5 cm³/mol. The van der Waals surface area contributed by atoms with E-state index in [0.29, 0.717) is 6.07 Å². The third-order valence-electron chi connectivity index (χ3n) is 2.21. The van der Waals surface area contributed by atoms with Crippen LogP contribution >= 0.6 is 15.9 Å². The SMILES string of the molecule is CC(=O)C(Br)Cc1cc(C(F)(F)F)ccc1F. The van der Waals surface area contributed by atoms with Gasteiger partial charge in [-0.2, -0.15) is 13.2 Å². The zero-order chi connectivity index (χ0) is 13.2. The maximum absolute atomic E-state index is 13.3. The molecule has 17 heavy (non-hydrogen) atoms. The van der Waals surface area contributed by atoms with Gasteiger partial charge in [-0.15, -0.1) is 0 Å². The minimum Gasteiger partial charge on any atom is -0.299 e. The number of benzene rings is 1. The number of hydrogen-bond donors (Lipinski definition) is 0. The summed E-state index contributed by atoms with van der Waals surface area (Å²) in [6.45, 7) is 1.28. The van der Waals surface area contributed by atoms with Crippen molar-refractivity contribution in [3.8, 4) is 0 Å². The summed E-state index contributed by atoms with van der Waals surface area (Å²) in [5.41, 5.74) is -1.05. The normalized spacial score (nSPS) is 13.5. The highest BCUT2D eigenvalue weighted by Gasteiger charge is 2.31. The number of hydrogen-bond acceptors (Lipinski definition) is 1. The summed E-state index contributed by atoms with van der Waals surface area (Å²) < 4.78 is 50.5. The van der Waals surface area contributed by atoms with Crippen molar-refractivity contribution in [2.75, 3.05) is 0 Å². The molecule has 6 heteroatoms. The van der Waals surface area contributed by atoms with Crippen molar-refractivity contribution in [1.29, 1.82) is 0 Å². The van der Waals surface area contributed by atoms with Gasteiger partial charge in [0.05, 0.1) is 10.4 Å². The average molecular weight is 313 g/mol. The van der Waals surface area contributed by atoms with Crippen LogP contribution in [0.15, 0.2) is 18.2 Å². The van der Waals surface area contributed by atoms with Crippen LogP contribution in [-0.4, -0.2) is 10.6 Å². The van der Waals surface area contributed by atoms with Gasteiger partial charge >= 0.3 is 6.18 Å². The molecule has 1 rings (SSSR count). The molecule has 1 nitrogen and oxygen atoms in total. The quantitative estimate of drug-likeness (QED) is 0.614. The standard InChI is InChI=1S/C11H9BrF4O/c1-6(17)9(12)5-7-4-8(11(14,15)16)2-3-10(7)13/h2-4,9H,5H2,1H3. The summed E-state index contributed by atoms with van der Waals surface area (Å²) in [5.74, 6) is -1.01. The van der Waals surface area contributed by atoms with Gasteiger partial charge in [0.15, 0.2) is 0 Å². The van der Waals surface area contributed by atoms with Gasteiger partial charge in [-0.25, -0.2) is 4.39 Å². The van der Waals surface area contributed by atoms with Crippen molar-refractivity contribution in [3.05, 3.63) is 35.1 Å². The highest BCUT2D eigenvalue weighted by Crippen LogP contribution is 2.30. The van der Waals surface area contributed by atoms with Crippen LogP contribution in [-0.2, 0) is 17.4 Å². The maximum Gasteiger partial charge on any atom is 0.416 e. The lowest BCUT2D eigenvalue weighted by atomic mass is 10.0. The second-order valence-corrected chi connectivity index (χ2v) is 4.69. The van der Waals surface area contributed by atoms with E-state index in [1.54, 1.807) is 0 Å². The smallest absolute Gasteiger partial charge is 0.299 e. The molecule has 0 aliphatic heterocycles. The first kappa shape index (κ1) is 14.2. The molecule has 0 saturated heterocycles. The van der Waals surface area contributed by atoms with Crippen LogP contribution in [0.25, 0.3) is 0 Å². The molecule has 0 spiro atoms. The molecule has 1 atom stereocenters. The number of ketones is 1. The van der Waals surface area contributed by atoms with E-state index in [1.807, 2.05) is 0 Å². The monoisotopic (exact) mass is 312 g/mol. The molecule has 0 bridgehead atoms. The van der Waals surface area contributed by atoms with Crippen LogP contribution in [0.3, 0.4) is 0 Å². The zero-order valence-electron chi connectivity index (χ0n) is 8.81. The van der Waals surface area contributed by atoms with Crippen LogP contribution in [0.2, 0.25) is 0 Å². The number of carbonyl (C=O) groups excluding carboxylic acids is 1. The van der Waals surface area contributed by atoms with Crippen molar-refractivity contribution in [2.24, 2.45) is 0 Å². The van der Waals surface area contributed by atoms with Gasteiger partial charge in [0.2, 0.25) is 0 Å². The Balaban J connectivity index is 3.03. The molecule has 0 amide bonds. The van der Waals surface area contributed by atoms with Crippen LogP contribution in [0.4, 0.5) is 17.6 Å². The van der Waals surface area contributed by atoms with Gasteiger partial charge in [0, 0.05) is 0 Å². The fraction of sp³-hybridized carbons (Fsp3) is 0.364. The lowest BCUT2D eigenvalue weighted by Crippen LogP contribution is -2.15. The van der Waals surface area contributed by atoms with E-state index in [9.17, 15) is 22.4 Å². The van der Waals surface area contributed by atoms with Crippen LogP contribution < -0.4 is 0 Å². The Hall–Kier alpha value is -0.910. The largest absolute Gasteiger partial charge is 0.416 e. The Morgan fingerprint density at radius 3 is 2.47 bits per heavy atom. The molecule has 0 aliphatic carbocycles. The summed E-state index contributed by atoms with van der Waals surface area (Å²) in [7, 11) is 0. The second-order valence-electron chi connectivity index (χ2n) is 3.59. The Bertz CT molecular complexity index is 428. The highest BCUT2D eigenvalue weighted by molar-refractivity contribution is 9.10. The van der Waals surface area contributed by atoms with Gasteiger partial charge in [0.25, 0.3) is 0 Å². The van der Waals surface area contributed by atoms with Gasteiger partial charge in [0.1, 0.15) is 11.6 Å². The van der Waals surface area contributed by atoms with Crippen LogP contribution in [0, 0.1) is 5.82 Å². The number of Topliss-reactive ketones (excluding diaryl/α,β-unsaturated/α-hetero) is 1. The molecule has 0 fully saturated rings. The molecule has 1 aromatic rings. The molecule has 0 N–H and O–H groups in total. The summed E-state index contributed by atoms with van der Waals surface area (Å²) in [6.07, 6.45) is -4.62. The first-order valence-electron chi connectivity index (χ1n) is 4.72. The van der Waals surface area contributed by atoms with E-state index in [2.05, 4.69) is 15.9 Å². The van der Waals surface area contributed by atoms with E-state index in [0.717, 1.165) is 12.1 Å². The minimum atomic E-state index is -4.51. The van der Waals surface area contributed by atoms with E-state index in [-0.39, 0.29) is 17.8 Å². The Morgan fingerprint density at radius 2 is 2.00 bits per heavy atom. The van der Waals surface area contributed by atoms with Crippen molar-refractivity contribution in [2.45, 2.75) is 24.3 Å². The summed E-state index contributed by atoms with van der Waals surface area (Å²) in [6, 6.07) is 2.17. The third kappa shape index (κ3) is 3.80. The molecule has 0 radical (unpaired) electrons. The van der Waals surface area contributed by atoms with Gasteiger partial charge in [-0.1, -0.05) is 15.9 Å². The topological polar surface area (TPSA) is 17.1 Å². The van der Waals surface area contributed by atoms with E-state index in [4.69, 9.17) is 0 Å². The van der Waals surface area contributed by atoms with Gasteiger partial charge in [-0.3, -0.25) is 4.79 Å². The molecule has 0 saturated carbocycles. The predicted octanol–water partition coefficient (Wildman–Crippen LogP) is 3.74. The van der Waals surface area contributed by atoms with Crippen molar-refractivity contribution in [3.63, 3.8) is 0 Å². The molecule has 1 unspecified atom stereocenters. The van der Waals surface area contributed by atoms with Crippen molar-refractivity contribution in [1.82, 2.24) is 0 Å². The van der Waals surface area contributed by atoms with Gasteiger partial charge in [-0.05, 0) is 37.1 Å². The highest BCUT2D eigenvalue weighted by atomic mass is 79.9. The molecule has 0 heterocycles. The molecule has 0 aliphatic rings. The number of rotatable bonds is 3. The fourth-order valence-corrected chi connectivity index (χ4v) is 1.59. The molecular weight excluding hydrogens is 304 g/mol. The summed E-state index contributed by atoms with van der Waals surface area (Å²) >= 11 is 2.99. The fourth-order valence-electron chi connectivity index (χ4n) is 1.24. The molecule has 94 valence electrons. The van der Waals surface area contributed by atoms with E-state index in [1.165, 1.54) is 6.92 Å². The van der Waals surface area contributed by atoms with Crippen molar-refractivity contribution < 1.29 is 22.4 Å². The number of alkyl halides is 4. The lowest BCUT2D eigenvalue weighted by Gasteiger charge is -2.11. The van der Waals surface area contributed by atoms with Crippen LogP contribution in [0.1, 0.15) is 18.1 Å². The molecule has 1 aromatic carbocycles. The van der Waals surface area contributed by atoms with Crippen molar-refractivity contribution >= 4 is 21.7 Å². The third-order valence-corrected chi connectivity index (χ3v) is 3.18. The van der Waals surface area contributed by atoms with E-state index < -0.39 is 22.4 Å². The minimum absolute atomic E-state index is 0.106. The zero-order valence-corrected chi connectivity index (χ0v) is 10.4. The lowest BCUT2D eigenvalue weighted by molar-refractivity contribution is -0.137. The van der Waals surface area contributed by atoms with Crippen LogP contribution in [0.5, 0.6) is 0 Å². The average Bonchev–Trinajstić information content (AvgIpc) is 2.19. The molecular formula is C11H9BrF4O. The first-order chi connectivity index (χ1) is 7.71. The van der Waals surface area contributed by atoms with Gasteiger partial charge < -0.3 is 0 Å². The maximum atomic E-state index is 13.3.